The predicted molar refractivity (Wildman–Crippen MR) is 127 cm³/mol. The van der Waals surface area contributed by atoms with E-state index < -0.39 is 23.3 Å². The predicted octanol–water partition coefficient (Wildman–Crippen LogP) is 3.40. The number of para-hydroxylation sites is 1. The molecule has 0 bridgehead atoms. The molecule has 0 aliphatic heterocycles. The van der Waals surface area contributed by atoms with Gasteiger partial charge in [-0.25, -0.2) is 9.67 Å². The van der Waals surface area contributed by atoms with E-state index in [2.05, 4.69) is 34.1 Å². The van der Waals surface area contributed by atoms with Crippen molar-refractivity contribution in [2.45, 2.75) is 45.2 Å². The third kappa shape index (κ3) is 5.29. The van der Waals surface area contributed by atoms with Crippen LogP contribution < -0.4 is 10.6 Å². The number of nitrogens with zero attached hydrogens (tertiary/aromatic N) is 4. The molecule has 2 heterocycles. The third-order valence-corrected chi connectivity index (χ3v) is 6.35. The molecule has 0 saturated heterocycles. The Labute approximate surface area is 206 Å². The lowest BCUT2D eigenvalue weighted by Gasteiger charge is -2.21. The molecule has 2 amide bonds. The van der Waals surface area contributed by atoms with Crippen molar-refractivity contribution < 1.29 is 22.8 Å². The van der Waals surface area contributed by atoms with Crippen molar-refractivity contribution in [1.82, 2.24) is 30.0 Å². The summed E-state index contributed by atoms with van der Waals surface area (Å²) in [5.74, 6) is -0.00827. The van der Waals surface area contributed by atoms with Crippen LogP contribution in [0.2, 0.25) is 0 Å². The lowest BCUT2D eigenvalue weighted by Crippen LogP contribution is -2.39. The Balaban J connectivity index is 1.33. The fourth-order valence-electron chi connectivity index (χ4n) is 4.54. The van der Waals surface area contributed by atoms with Crippen LogP contribution in [-0.4, -0.2) is 44.2 Å². The summed E-state index contributed by atoms with van der Waals surface area (Å²) >= 11 is 0. The highest BCUT2D eigenvalue weighted by Gasteiger charge is 2.39. The van der Waals surface area contributed by atoms with Crippen LogP contribution >= 0.6 is 0 Å². The Hall–Kier alpha value is -3.63. The van der Waals surface area contributed by atoms with Gasteiger partial charge in [0.1, 0.15) is 5.82 Å². The number of carbonyl (C=O) groups excluding carboxylic acids is 2. The zero-order valence-electron chi connectivity index (χ0n) is 20.4. The average Bonchev–Trinajstić information content (AvgIpc) is 3.44. The summed E-state index contributed by atoms with van der Waals surface area (Å²) < 4.78 is 43.6. The maximum absolute atomic E-state index is 13.5. The normalized spacial score (nSPS) is 15.6. The SMILES string of the molecule is CC(C)c1nc2c(n1C)CCC(C(=O)NCCNC(=O)c1cn(-c3ccccc3)nc1C(F)(F)F)C2. The zero-order chi connectivity index (χ0) is 26.0. The van der Waals surface area contributed by atoms with Gasteiger partial charge in [-0.05, 0) is 25.0 Å². The van der Waals surface area contributed by atoms with E-state index in [0.29, 0.717) is 18.5 Å². The van der Waals surface area contributed by atoms with E-state index in [1.54, 1.807) is 30.3 Å². The first-order valence-corrected chi connectivity index (χ1v) is 11.9. The summed E-state index contributed by atoms with van der Waals surface area (Å²) in [6.45, 7) is 4.24. The molecule has 192 valence electrons. The molecule has 2 aromatic heterocycles. The van der Waals surface area contributed by atoms with Crippen molar-refractivity contribution in [2.24, 2.45) is 13.0 Å². The zero-order valence-corrected chi connectivity index (χ0v) is 20.4. The fraction of sp³-hybridized carbons (Fsp3) is 0.440. The Morgan fingerprint density at radius 3 is 2.50 bits per heavy atom. The van der Waals surface area contributed by atoms with Gasteiger partial charge in [-0.1, -0.05) is 32.0 Å². The number of aromatic nitrogens is 4. The van der Waals surface area contributed by atoms with Crippen LogP contribution in [-0.2, 0) is 30.9 Å². The van der Waals surface area contributed by atoms with Gasteiger partial charge in [0.05, 0.1) is 16.9 Å². The van der Waals surface area contributed by atoms with Gasteiger partial charge in [-0.3, -0.25) is 9.59 Å². The molecule has 1 aliphatic carbocycles. The van der Waals surface area contributed by atoms with E-state index >= 15 is 0 Å². The van der Waals surface area contributed by atoms with E-state index in [1.807, 2.05) is 7.05 Å². The van der Waals surface area contributed by atoms with Gasteiger partial charge in [-0.15, -0.1) is 0 Å². The second-order valence-electron chi connectivity index (χ2n) is 9.23. The van der Waals surface area contributed by atoms with E-state index in [0.717, 1.165) is 34.5 Å². The summed E-state index contributed by atoms with van der Waals surface area (Å²) in [6, 6.07) is 8.24. The van der Waals surface area contributed by atoms with Crippen molar-refractivity contribution in [1.29, 1.82) is 0 Å². The second kappa shape index (κ2) is 10.2. The minimum Gasteiger partial charge on any atom is -0.354 e. The summed E-state index contributed by atoms with van der Waals surface area (Å²) in [6.07, 6.45) is -1.74. The first-order chi connectivity index (χ1) is 17.1. The molecule has 0 spiro atoms. The first kappa shape index (κ1) is 25.5. The number of alkyl halides is 3. The number of benzene rings is 1. The van der Waals surface area contributed by atoms with E-state index in [4.69, 9.17) is 4.98 Å². The summed E-state index contributed by atoms with van der Waals surface area (Å²) in [5, 5.41) is 8.81. The molecule has 3 aromatic rings. The summed E-state index contributed by atoms with van der Waals surface area (Å²) in [5.41, 5.74) is 0.663. The van der Waals surface area contributed by atoms with Crippen LogP contribution in [0.15, 0.2) is 36.5 Å². The van der Waals surface area contributed by atoms with Crippen LogP contribution in [0.1, 0.15) is 59.5 Å². The standard InChI is InChI=1S/C25H29F3N6O2/c1-15(2)22-31-19-13-16(9-10-20(19)33(22)3)23(35)29-11-12-30-24(36)18-14-34(17-7-5-4-6-8-17)32-21(18)25(26,27)28/h4-8,14-16H,9-13H2,1-3H3,(H,29,35)(H,30,36). The number of carbonyl (C=O) groups is 2. The lowest BCUT2D eigenvalue weighted by molar-refractivity contribution is -0.141. The molecule has 36 heavy (non-hydrogen) atoms. The van der Waals surface area contributed by atoms with Crippen molar-refractivity contribution >= 4 is 11.8 Å². The molecular formula is C25H29F3N6O2. The summed E-state index contributed by atoms with van der Waals surface area (Å²) in [4.78, 5) is 29.9. The molecule has 8 nitrogen and oxygen atoms in total. The fourth-order valence-corrected chi connectivity index (χ4v) is 4.54. The Bertz CT molecular complexity index is 1250. The molecular weight excluding hydrogens is 473 g/mol. The largest absolute Gasteiger partial charge is 0.435 e. The highest BCUT2D eigenvalue weighted by molar-refractivity contribution is 5.95. The van der Waals surface area contributed by atoms with Crippen LogP contribution in [0, 0.1) is 5.92 Å². The summed E-state index contributed by atoms with van der Waals surface area (Å²) in [7, 11) is 2.00. The van der Waals surface area contributed by atoms with Gasteiger partial charge in [0.25, 0.3) is 5.91 Å². The molecule has 1 aromatic carbocycles. The highest BCUT2D eigenvalue weighted by Crippen LogP contribution is 2.31. The molecule has 0 fully saturated rings. The number of hydrogen-bond acceptors (Lipinski definition) is 4. The molecule has 0 saturated carbocycles. The number of hydrogen-bond donors (Lipinski definition) is 2. The van der Waals surface area contributed by atoms with E-state index in [9.17, 15) is 22.8 Å². The average molecular weight is 503 g/mol. The van der Waals surface area contributed by atoms with Gasteiger partial charge in [0, 0.05) is 50.3 Å². The van der Waals surface area contributed by atoms with Crippen LogP contribution in [0.3, 0.4) is 0 Å². The minimum atomic E-state index is -4.79. The topological polar surface area (TPSA) is 93.8 Å². The molecule has 1 aliphatic rings. The second-order valence-corrected chi connectivity index (χ2v) is 9.23. The third-order valence-electron chi connectivity index (χ3n) is 6.35. The smallest absolute Gasteiger partial charge is 0.354 e. The Morgan fingerprint density at radius 2 is 1.83 bits per heavy atom. The molecule has 2 N–H and O–H groups in total. The number of halogens is 3. The van der Waals surface area contributed by atoms with Gasteiger partial charge in [0.15, 0.2) is 5.69 Å². The Kier molecular flexibility index (Phi) is 7.18. The molecule has 4 rings (SSSR count). The van der Waals surface area contributed by atoms with Gasteiger partial charge >= 0.3 is 6.18 Å². The first-order valence-electron chi connectivity index (χ1n) is 11.9. The maximum Gasteiger partial charge on any atom is 0.435 e. The molecule has 1 unspecified atom stereocenters. The van der Waals surface area contributed by atoms with E-state index in [1.165, 1.54) is 0 Å². The number of imidazole rings is 1. The number of rotatable bonds is 7. The van der Waals surface area contributed by atoms with Crippen molar-refractivity contribution in [3.8, 4) is 5.69 Å². The van der Waals surface area contributed by atoms with Crippen molar-refractivity contribution in [3.05, 3.63) is 65.0 Å². The minimum absolute atomic E-state index is 0.0164. The van der Waals surface area contributed by atoms with Gasteiger partial charge in [0.2, 0.25) is 5.91 Å². The van der Waals surface area contributed by atoms with Crippen LogP contribution in [0.25, 0.3) is 5.69 Å². The van der Waals surface area contributed by atoms with Crippen LogP contribution in [0.5, 0.6) is 0 Å². The van der Waals surface area contributed by atoms with Crippen molar-refractivity contribution in [2.75, 3.05) is 13.1 Å². The quantitative estimate of drug-likeness (QED) is 0.485. The highest BCUT2D eigenvalue weighted by atomic mass is 19.4. The van der Waals surface area contributed by atoms with E-state index in [-0.39, 0.29) is 30.8 Å². The van der Waals surface area contributed by atoms with Gasteiger partial charge < -0.3 is 15.2 Å². The lowest BCUT2D eigenvalue weighted by atomic mass is 9.89. The maximum atomic E-state index is 13.5. The van der Waals surface area contributed by atoms with Crippen molar-refractivity contribution in [3.63, 3.8) is 0 Å². The molecule has 1 atom stereocenters. The number of fused-ring (bicyclic) bond motifs is 1. The molecule has 0 radical (unpaired) electrons. The number of nitrogens with one attached hydrogen (secondary N) is 2. The van der Waals surface area contributed by atoms with Crippen LogP contribution in [0.4, 0.5) is 13.2 Å². The monoisotopic (exact) mass is 502 g/mol. The number of amides is 2. The molecule has 11 heteroatoms. The van der Waals surface area contributed by atoms with Gasteiger partial charge in [-0.2, -0.15) is 18.3 Å². The Morgan fingerprint density at radius 1 is 1.14 bits per heavy atom.